The third kappa shape index (κ3) is 1.59. The molecule has 0 aliphatic heterocycles. The molecule has 0 saturated heterocycles. The SMILES string of the molecule is COc1cc(C2(C(=O)O)CC3(CC3)C2)cc(Cl)n1. The first kappa shape index (κ1) is 11.8. The van der Waals surface area contributed by atoms with Crippen molar-refractivity contribution in [3.05, 3.63) is 22.8 Å². The Morgan fingerprint density at radius 2 is 2.11 bits per heavy atom. The van der Waals surface area contributed by atoms with Crippen LogP contribution in [0.2, 0.25) is 5.15 Å². The summed E-state index contributed by atoms with van der Waals surface area (Å²) < 4.78 is 5.06. The minimum absolute atomic E-state index is 0.279. The predicted octanol–water partition coefficient (Wildman–Crippen LogP) is 2.64. The van der Waals surface area contributed by atoms with E-state index in [1.807, 2.05) is 0 Å². The Hall–Kier alpha value is -1.29. The summed E-state index contributed by atoms with van der Waals surface area (Å²) in [6.07, 6.45) is 3.72. The number of halogens is 1. The molecule has 0 bridgehead atoms. The van der Waals surface area contributed by atoms with Crippen molar-refractivity contribution in [1.82, 2.24) is 4.98 Å². The van der Waals surface area contributed by atoms with E-state index in [9.17, 15) is 9.90 Å². The molecule has 1 spiro atoms. The van der Waals surface area contributed by atoms with Crippen LogP contribution < -0.4 is 4.74 Å². The molecule has 96 valence electrons. The monoisotopic (exact) mass is 267 g/mol. The van der Waals surface area contributed by atoms with E-state index in [-0.39, 0.29) is 5.15 Å². The van der Waals surface area contributed by atoms with Gasteiger partial charge in [-0.2, -0.15) is 0 Å². The number of nitrogens with zero attached hydrogens (tertiary/aromatic N) is 1. The highest BCUT2D eigenvalue weighted by atomic mass is 35.5. The van der Waals surface area contributed by atoms with Gasteiger partial charge in [0, 0.05) is 6.07 Å². The van der Waals surface area contributed by atoms with E-state index in [0.29, 0.717) is 29.7 Å². The lowest BCUT2D eigenvalue weighted by Crippen LogP contribution is -2.49. The van der Waals surface area contributed by atoms with Crippen molar-refractivity contribution in [2.24, 2.45) is 5.41 Å². The van der Waals surface area contributed by atoms with E-state index in [0.717, 1.165) is 12.8 Å². The summed E-state index contributed by atoms with van der Waals surface area (Å²) in [5.74, 6) is -0.404. The average Bonchev–Trinajstić information content (AvgIpc) is 3.05. The molecule has 18 heavy (non-hydrogen) atoms. The van der Waals surface area contributed by atoms with Gasteiger partial charge in [0.2, 0.25) is 5.88 Å². The maximum absolute atomic E-state index is 11.6. The van der Waals surface area contributed by atoms with Crippen LogP contribution in [0.5, 0.6) is 5.88 Å². The number of rotatable bonds is 3. The van der Waals surface area contributed by atoms with Crippen molar-refractivity contribution >= 4 is 17.6 Å². The summed E-state index contributed by atoms with van der Waals surface area (Å²) in [7, 11) is 1.50. The normalized spacial score (nSPS) is 22.3. The van der Waals surface area contributed by atoms with Gasteiger partial charge in [0.05, 0.1) is 12.5 Å². The molecule has 0 aromatic carbocycles. The Bertz CT molecular complexity index is 517. The van der Waals surface area contributed by atoms with Gasteiger partial charge in [-0.1, -0.05) is 11.6 Å². The van der Waals surface area contributed by atoms with Gasteiger partial charge < -0.3 is 9.84 Å². The third-order valence-corrected chi connectivity index (χ3v) is 4.45. The number of methoxy groups -OCH3 is 1. The van der Waals surface area contributed by atoms with Crippen molar-refractivity contribution < 1.29 is 14.6 Å². The fourth-order valence-corrected chi connectivity index (χ4v) is 3.29. The zero-order valence-corrected chi connectivity index (χ0v) is 10.8. The summed E-state index contributed by atoms with van der Waals surface area (Å²) in [6.45, 7) is 0. The highest BCUT2D eigenvalue weighted by Crippen LogP contribution is 2.69. The quantitative estimate of drug-likeness (QED) is 0.856. The fourth-order valence-electron chi connectivity index (χ4n) is 3.09. The standard InChI is InChI=1S/C13H14ClNO3/c1-18-10-5-8(4-9(14)15-10)13(11(16)17)6-12(7-13)2-3-12/h4-5H,2-3,6-7H2,1H3,(H,16,17). The molecule has 1 N–H and O–H groups in total. The Kier molecular flexibility index (Phi) is 2.36. The Morgan fingerprint density at radius 1 is 1.44 bits per heavy atom. The molecule has 0 radical (unpaired) electrons. The maximum atomic E-state index is 11.6. The zero-order valence-electron chi connectivity index (χ0n) is 10.1. The first-order chi connectivity index (χ1) is 8.50. The predicted molar refractivity (Wildman–Crippen MR) is 66.0 cm³/mol. The van der Waals surface area contributed by atoms with E-state index in [1.54, 1.807) is 12.1 Å². The molecule has 4 nitrogen and oxygen atoms in total. The van der Waals surface area contributed by atoms with E-state index in [4.69, 9.17) is 16.3 Å². The number of carboxylic acid groups (broad SMARTS) is 1. The van der Waals surface area contributed by atoms with Crippen molar-refractivity contribution in [1.29, 1.82) is 0 Å². The van der Waals surface area contributed by atoms with Crippen molar-refractivity contribution in [2.75, 3.05) is 7.11 Å². The Morgan fingerprint density at radius 3 is 2.61 bits per heavy atom. The molecule has 0 unspecified atom stereocenters. The molecular formula is C13H14ClNO3. The van der Waals surface area contributed by atoms with Gasteiger partial charge in [0.25, 0.3) is 0 Å². The average molecular weight is 268 g/mol. The highest BCUT2D eigenvalue weighted by Gasteiger charge is 2.65. The van der Waals surface area contributed by atoms with E-state index in [2.05, 4.69) is 4.98 Å². The Labute approximate surface area is 110 Å². The summed E-state index contributed by atoms with van der Waals surface area (Å²) in [6, 6.07) is 3.34. The first-order valence-electron chi connectivity index (χ1n) is 5.95. The topological polar surface area (TPSA) is 59.4 Å². The van der Waals surface area contributed by atoms with Gasteiger partial charge in [-0.25, -0.2) is 4.98 Å². The summed E-state index contributed by atoms with van der Waals surface area (Å²) in [5.41, 5.74) is 0.210. The van der Waals surface area contributed by atoms with Crippen LogP contribution in [0.25, 0.3) is 0 Å². The van der Waals surface area contributed by atoms with E-state index in [1.165, 1.54) is 7.11 Å². The minimum Gasteiger partial charge on any atom is -0.481 e. The largest absolute Gasteiger partial charge is 0.481 e. The number of hydrogen-bond acceptors (Lipinski definition) is 3. The molecule has 5 heteroatoms. The molecule has 2 fully saturated rings. The summed E-state index contributed by atoms with van der Waals surface area (Å²) in [5, 5.41) is 9.83. The van der Waals surface area contributed by atoms with Crippen molar-refractivity contribution in [2.45, 2.75) is 31.1 Å². The van der Waals surface area contributed by atoms with Gasteiger partial charge in [-0.3, -0.25) is 4.79 Å². The zero-order chi connectivity index (χ0) is 13.0. The van der Waals surface area contributed by atoms with Crippen LogP contribution in [-0.2, 0) is 10.2 Å². The van der Waals surface area contributed by atoms with Crippen LogP contribution in [-0.4, -0.2) is 23.2 Å². The molecule has 0 atom stereocenters. The third-order valence-electron chi connectivity index (χ3n) is 4.25. The van der Waals surface area contributed by atoms with Crippen LogP contribution in [0.15, 0.2) is 12.1 Å². The van der Waals surface area contributed by atoms with Crippen LogP contribution in [0.1, 0.15) is 31.2 Å². The van der Waals surface area contributed by atoms with Gasteiger partial charge in [0.1, 0.15) is 5.15 Å². The summed E-state index contributed by atoms with van der Waals surface area (Å²) in [4.78, 5) is 15.6. The second-order valence-corrected chi connectivity index (χ2v) is 5.85. The molecule has 2 aliphatic carbocycles. The maximum Gasteiger partial charge on any atom is 0.314 e. The van der Waals surface area contributed by atoms with Gasteiger partial charge in [-0.05, 0) is 42.7 Å². The van der Waals surface area contributed by atoms with Gasteiger partial charge in [0.15, 0.2) is 0 Å². The number of carbonyl (C=O) groups is 1. The first-order valence-corrected chi connectivity index (χ1v) is 6.33. The van der Waals surface area contributed by atoms with E-state index >= 15 is 0 Å². The molecular weight excluding hydrogens is 254 g/mol. The van der Waals surface area contributed by atoms with Crippen LogP contribution in [0.3, 0.4) is 0 Å². The molecule has 2 aliphatic rings. The number of carboxylic acids is 1. The van der Waals surface area contributed by atoms with Crippen molar-refractivity contribution in [3.63, 3.8) is 0 Å². The van der Waals surface area contributed by atoms with Gasteiger partial charge >= 0.3 is 5.97 Å². The number of aliphatic carboxylic acids is 1. The number of ether oxygens (including phenoxy) is 1. The fraction of sp³-hybridized carbons (Fsp3) is 0.538. The lowest BCUT2D eigenvalue weighted by Gasteiger charge is -2.45. The lowest BCUT2D eigenvalue weighted by atomic mass is 9.56. The molecule has 1 heterocycles. The number of pyridine rings is 1. The summed E-state index contributed by atoms with van der Waals surface area (Å²) >= 11 is 5.92. The lowest BCUT2D eigenvalue weighted by molar-refractivity contribution is -0.150. The number of hydrogen-bond donors (Lipinski definition) is 1. The molecule has 1 aromatic rings. The second-order valence-electron chi connectivity index (χ2n) is 5.46. The minimum atomic E-state index is -0.795. The van der Waals surface area contributed by atoms with Crippen LogP contribution in [0, 0.1) is 5.41 Å². The second kappa shape index (κ2) is 3.60. The molecule has 1 aromatic heterocycles. The smallest absolute Gasteiger partial charge is 0.314 e. The molecule has 2 saturated carbocycles. The molecule has 3 rings (SSSR count). The van der Waals surface area contributed by atoms with Crippen molar-refractivity contribution in [3.8, 4) is 5.88 Å². The Balaban J connectivity index is 2.01. The van der Waals surface area contributed by atoms with Crippen LogP contribution in [0.4, 0.5) is 0 Å². The van der Waals surface area contributed by atoms with Crippen LogP contribution >= 0.6 is 11.6 Å². The van der Waals surface area contributed by atoms with E-state index < -0.39 is 11.4 Å². The highest BCUT2D eigenvalue weighted by molar-refractivity contribution is 6.29. The number of aromatic nitrogens is 1. The van der Waals surface area contributed by atoms with Gasteiger partial charge in [-0.15, -0.1) is 0 Å². The molecule has 0 amide bonds.